The van der Waals surface area contributed by atoms with E-state index in [0.717, 1.165) is 41.9 Å². The highest BCUT2D eigenvalue weighted by molar-refractivity contribution is 5.84. The Morgan fingerprint density at radius 3 is 2.43 bits per heavy atom. The van der Waals surface area contributed by atoms with Crippen molar-refractivity contribution < 1.29 is 9.18 Å². The number of Topliss-reactive ketones (excluding diaryl/α,β-unsaturated/α-hetero) is 1. The number of anilines is 2. The van der Waals surface area contributed by atoms with Crippen LogP contribution >= 0.6 is 0 Å². The fourth-order valence-electron chi connectivity index (χ4n) is 3.98. The quantitative estimate of drug-likeness (QED) is 0.749. The number of rotatable bonds is 5. The van der Waals surface area contributed by atoms with Crippen molar-refractivity contribution in [3.05, 3.63) is 58.4 Å². The van der Waals surface area contributed by atoms with Crippen LogP contribution in [0.25, 0.3) is 0 Å². The largest absolute Gasteiger partial charge is 0.378 e. The number of nitrogens with one attached hydrogen (secondary N) is 1. The molecule has 0 saturated carbocycles. The average molecular weight is 383 g/mol. The van der Waals surface area contributed by atoms with Gasteiger partial charge in [0.15, 0.2) is 5.78 Å². The second-order valence-electron chi connectivity index (χ2n) is 9.17. The maximum absolute atomic E-state index is 13.4. The fraction of sp³-hybridized carbons (Fsp3) is 0.458. The lowest BCUT2D eigenvalue weighted by Crippen LogP contribution is -2.30. The van der Waals surface area contributed by atoms with Gasteiger partial charge in [0.25, 0.3) is 0 Å². The van der Waals surface area contributed by atoms with E-state index in [2.05, 4.69) is 57.0 Å². The molecule has 0 fully saturated rings. The van der Waals surface area contributed by atoms with Crippen LogP contribution in [0, 0.1) is 25.1 Å². The van der Waals surface area contributed by atoms with Gasteiger partial charge in [0.1, 0.15) is 5.82 Å². The molecule has 0 radical (unpaired) electrons. The summed E-state index contributed by atoms with van der Waals surface area (Å²) >= 11 is 0. The maximum atomic E-state index is 13.4. The van der Waals surface area contributed by atoms with E-state index in [1.165, 1.54) is 11.3 Å². The third-order valence-corrected chi connectivity index (χ3v) is 5.25. The number of hydrogen-bond donors (Lipinski definition) is 1. The summed E-state index contributed by atoms with van der Waals surface area (Å²) in [5, 5.41) is 3.35. The molecule has 2 aromatic rings. The van der Waals surface area contributed by atoms with Crippen LogP contribution in [-0.4, -0.2) is 18.9 Å². The van der Waals surface area contributed by atoms with Crippen molar-refractivity contribution >= 4 is 17.2 Å². The molecule has 0 aliphatic carbocycles. The first-order valence-corrected chi connectivity index (χ1v) is 10.0. The first-order valence-electron chi connectivity index (χ1n) is 10.0. The van der Waals surface area contributed by atoms with E-state index in [4.69, 9.17) is 0 Å². The van der Waals surface area contributed by atoms with Crippen LogP contribution in [0.1, 0.15) is 49.4 Å². The van der Waals surface area contributed by atoms with Gasteiger partial charge >= 0.3 is 0 Å². The van der Waals surface area contributed by atoms with E-state index in [1.54, 1.807) is 12.1 Å². The van der Waals surface area contributed by atoms with Crippen LogP contribution in [0.3, 0.4) is 0 Å². The summed E-state index contributed by atoms with van der Waals surface area (Å²) in [4.78, 5) is 14.6. The number of nitrogens with zero attached hydrogens (tertiary/aromatic N) is 1. The predicted octanol–water partition coefficient (Wildman–Crippen LogP) is 5.42. The van der Waals surface area contributed by atoms with Crippen molar-refractivity contribution in [1.29, 1.82) is 0 Å². The standard InChI is InChI=1S/C24H31FN2O/c1-16-10-21(27-9-8-18-12-20(25)7-6-19(18)15-27)11-17(2)23(16)26-14-22(28)13-24(3,4)5/h6-7,10-12,26H,8-9,13-15H2,1-5H3. The Labute approximate surface area is 167 Å². The van der Waals surface area contributed by atoms with Crippen molar-refractivity contribution in [2.45, 2.75) is 54.0 Å². The number of benzene rings is 2. The summed E-state index contributed by atoms with van der Waals surface area (Å²) in [6.45, 7) is 12.5. The lowest BCUT2D eigenvalue weighted by atomic mass is 9.90. The molecule has 1 aliphatic rings. The van der Waals surface area contributed by atoms with Crippen molar-refractivity contribution in [2.24, 2.45) is 5.41 Å². The van der Waals surface area contributed by atoms with Crippen molar-refractivity contribution in [1.82, 2.24) is 0 Å². The Kier molecular flexibility index (Phi) is 5.78. The second-order valence-corrected chi connectivity index (χ2v) is 9.17. The summed E-state index contributed by atoms with van der Waals surface area (Å²) in [7, 11) is 0. The van der Waals surface area contributed by atoms with Gasteiger partial charge in [0, 0.05) is 30.9 Å². The number of fused-ring (bicyclic) bond motifs is 1. The Morgan fingerprint density at radius 1 is 1.11 bits per heavy atom. The fourth-order valence-corrected chi connectivity index (χ4v) is 3.98. The SMILES string of the molecule is Cc1cc(N2CCc3cc(F)ccc3C2)cc(C)c1NCC(=O)CC(C)(C)C. The summed E-state index contributed by atoms with van der Waals surface area (Å²) in [6, 6.07) is 9.45. The molecule has 28 heavy (non-hydrogen) atoms. The first kappa shape index (κ1) is 20.4. The number of hydrogen-bond acceptors (Lipinski definition) is 3. The zero-order valence-corrected chi connectivity index (χ0v) is 17.7. The molecule has 3 nitrogen and oxygen atoms in total. The molecule has 0 aromatic heterocycles. The van der Waals surface area contributed by atoms with Crippen LogP contribution in [0.5, 0.6) is 0 Å². The lowest BCUT2D eigenvalue weighted by molar-refractivity contribution is -0.119. The zero-order valence-electron chi connectivity index (χ0n) is 17.7. The topological polar surface area (TPSA) is 32.3 Å². The van der Waals surface area contributed by atoms with Crippen LogP contribution < -0.4 is 10.2 Å². The molecule has 4 heteroatoms. The highest BCUT2D eigenvalue weighted by atomic mass is 19.1. The van der Waals surface area contributed by atoms with Gasteiger partial charge in [-0.3, -0.25) is 4.79 Å². The Hall–Kier alpha value is -2.36. The molecule has 2 aromatic carbocycles. The molecular weight excluding hydrogens is 351 g/mol. The van der Waals surface area contributed by atoms with Crippen molar-refractivity contribution in [2.75, 3.05) is 23.3 Å². The minimum Gasteiger partial charge on any atom is -0.378 e. The maximum Gasteiger partial charge on any atom is 0.152 e. The summed E-state index contributed by atoms with van der Waals surface area (Å²) < 4.78 is 13.4. The Morgan fingerprint density at radius 2 is 1.79 bits per heavy atom. The number of ketones is 1. The van der Waals surface area contributed by atoms with Crippen LogP contribution in [0.2, 0.25) is 0 Å². The van der Waals surface area contributed by atoms with Gasteiger partial charge in [0.05, 0.1) is 6.54 Å². The van der Waals surface area contributed by atoms with Gasteiger partial charge < -0.3 is 10.2 Å². The Bertz CT molecular complexity index is 860. The smallest absolute Gasteiger partial charge is 0.152 e. The van der Waals surface area contributed by atoms with Crippen LogP contribution in [-0.2, 0) is 17.8 Å². The van der Waals surface area contributed by atoms with Crippen molar-refractivity contribution in [3.63, 3.8) is 0 Å². The highest BCUT2D eigenvalue weighted by Gasteiger charge is 2.19. The third kappa shape index (κ3) is 4.92. The lowest BCUT2D eigenvalue weighted by Gasteiger charge is -2.31. The van der Waals surface area contributed by atoms with Gasteiger partial charge in [-0.2, -0.15) is 0 Å². The molecule has 1 aliphatic heterocycles. The van der Waals surface area contributed by atoms with Gasteiger partial charge in [-0.15, -0.1) is 0 Å². The second kappa shape index (κ2) is 7.94. The number of halogens is 1. The first-order chi connectivity index (χ1) is 13.1. The average Bonchev–Trinajstić information content (AvgIpc) is 2.58. The molecular formula is C24H31FN2O. The van der Waals surface area contributed by atoms with E-state index >= 15 is 0 Å². The Balaban J connectivity index is 1.72. The summed E-state index contributed by atoms with van der Waals surface area (Å²) in [5.41, 5.74) is 6.83. The van der Waals surface area contributed by atoms with E-state index in [9.17, 15) is 9.18 Å². The number of aryl methyl sites for hydroxylation is 2. The molecule has 0 amide bonds. The van der Waals surface area contributed by atoms with Crippen LogP contribution in [0.15, 0.2) is 30.3 Å². The van der Waals surface area contributed by atoms with Crippen LogP contribution in [0.4, 0.5) is 15.8 Å². The summed E-state index contributed by atoms with van der Waals surface area (Å²) in [5.74, 6) is 0.0746. The molecule has 1 N–H and O–H groups in total. The normalized spacial score (nSPS) is 14.0. The molecule has 0 saturated heterocycles. The van der Waals surface area contributed by atoms with Gasteiger partial charge in [-0.05, 0) is 72.2 Å². The minimum atomic E-state index is -0.157. The van der Waals surface area contributed by atoms with E-state index < -0.39 is 0 Å². The molecule has 150 valence electrons. The third-order valence-electron chi connectivity index (χ3n) is 5.25. The van der Waals surface area contributed by atoms with E-state index in [0.29, 0.717) is 13.0 Å². The number of carbonyl (C=O) groups is 1. The van der Waals surface area contributed by atoms with Gasteiger partial charge in [0.2, 0.25) is 0 Å². The van der Waals surface area contributed by atoms with Crippen molar-refractivity contribution in [3.8, 4) is 0 Å². The zero-order chi connectivity index (χ0) is 20.5. The predicted molar refractivity (Wildman–Crippen MR) is 115 cm³/mol. The van der Waals surface area contributed by atoms with Gasteiger partial charge in [-0.1, -0.05) is 26.8 Å². The van der Waals surface area contributed by atoms with E-state index in [-0.39, 0.29) is 17.0 Å². The molecule has 0 spiro atoms. The summed E-state index contributed by atoms with van der Waals surface area (Å²) in [6.07, 6.45) is 1.43. The van der Waals surface area contributed by atoms with E-state index in [1.807, 2.05) is 6.07 Å². The van der Waals surface area contributed by atoms with Gasteiger partial charge in [-0.25, -0.2) is 4.39 Å². The molecule has 0 unspecified atom stereocenters. The molecule has 1 heterocycles. The molecule has 0 bridgehead atoms. The highest BCUT2D eigenvalue weighted by Crippen LogP contribution is 2.31. The molecule has 0 atom stereocenters. The minimum absolute atomic E-state index is 0.0141. The molecule has 3 rings (SSSR count). The monoisotopic (exact) mass is 382 g/mol. The number of carbonyl (C=O) groups excluding carboxylic acids is 1.